The molecular formula is C40H36N4O10S. The number of hydrogen-bond donors (Lipinski definition) is 2. The van der Waals surface area contributed by atoms with Crippen LogP contribution in [0.2, 0.25) is 0 Å². The Morgan fingerprint density at radius 3 is 2.29 bits per heavy atom. The summed E-state index contributed by atoms with van der Waals surface area (Å²) in [5.74, 6) is 0.295. The van der Waals surface area contributed by atoms with E-state index in [0.717, 1.165) is 23.2 Å². The Labute approximate surface area is 320 Å². The molecule has 0 fully saturated rings. The van der Waals surface area contributed by atoms with Gasteiger partial charge in [-0.05, 0) is 53.9 Å². The highest BCUT2D eigenvalue weighted by Crippen LogP contribution is 2.43. The van der Waals surface area contributed by atoms with Crippen LogP contribution in [0.5, 0.6) is 28.7 Å². The molecule has 8 rings (SSSR count). The molecule has 4 heterocycles. The third-order valence-electron chi connectivity index (χ3n) is 9.91. The second-order valence-electron chi connectivity index (χ2n) is 13.2. The van der Waals surface area contributed by atoms with Gasteiger partial charge in [-0.2, -0.15) is 0 Å². The molecule has 2 N–H and O–H groups in total. The molecule has 4 aromatic carbocycles. The highest BCUT2D eigenvalue weighted by molar-refractivity contribution is 7.99. The van der Waals surface area contributed by atoms with Crippen LogP contribution in [0.1, 0.15) is 44.7 Å². The fourth-order valence-corrected chi connectivity index (χ4v) is 7.83. The highest BCUT2D eigenvalue weighted by Gasteiger charge is 2.39. The lowest BCUT2D eigenvalue weighted by atomic mass is 10.1. The summed E-state index contributed by atoms with van der Waals surface area (Å²) in [6.07, 6.45) is 2.38. The van der Waals surface area contributed by atoms with Gasteiger partial charge in [0.1, 0.15) is 17.6 Å². The van der Waals surface area contributed by atoms with Crippen LogP contribution in [0.25, 0.3) is 0 Å². The van der Waals surface area contributed by atoms with E-state index in [9.17, 15) is 19.2 Å². The molecule has 0 radical (unpaired) electrons. The monoisotopic (exact) mass is 764 g/mol. The molecule has 282 valence electrons. The highest BCUT2D eigenvalue weighted by atomic mass is 32.2. The number of para-hydroxylation sites is 1. The first-order valence-corrected chi connectivity index (χ1v) is 18.7. The smallest absolute Gasteiger partial charge is 0.311 e. The zero-order valence-electron chi connectivity index (χ0n) is 29.9. The molecule has 0 saturated heterocycles. The summed E-state index contributed by atoms with van der Waals surface area (Å²) in [5, 5.41) is 12.3. The van der Waals surface area contributed by atoms with Crippen LogP contribution in [-0.4, -0.2) is 79.8 Å². The lowest BCUT2D eigenvalue weighted by molar-refractivity contribution is -0.142. The number of thioether (sulfide) groups is 1. The number of anilines is 3. The van der Waals surface area contributed by atoms with E-state index < -0.39 is 11.9 Å². The van der Waals surface area contributed by atoms with Crippen molar-refractivity contribution < 1.29 is 48.0 Å². The van der Waals surface area contributed by atoms with Crippen molar-refractivity contribution >= 4 is 64.5 Å². The summed E-state index contributed by atoms with van der Waals surface area (Å²) in [6, 6.07) is 19.4. The summed E-state index contributed by atoms with van der Waals surface area (Å²) in [5.41, 5.74) is 5.52. The van der Waals surface area contributed by atoms with Crippen molar-refractivity contribution in [2.24, 2.45) is 4.99 Å². The summed E-state index contributed by atoms with van der Waals surface area (Å²) in [6.45, 7) is 0.601. The molecule has 0 aromatic heterocycles. The van der Waals surface area contributed by atoms with Gasteiger partial charge in [0.2, 0.25) is 0 Å². The number of ether oxygens (including phenoxy) is 5. The average Bonchev–Trinajstić information content (AvgIpc) is 3.67. The van der Waals surface area contributed by atoms with Crippen molar-refractivity contribution in [2.45, 2.75) is 37.8 Å². The number of rotatable bonds is 12. The van der Waals surface area contributed by atoms with Crippen LogP contribution < -0.4 is 38.8 Å². The zero-order valence-corrected chi connectivity index (χ0v) is 30.7. The summed E-state index contributed by atoms with van der Waals surface area (Å²) >= 11 is 1.36. The molecule has 0 unspecified atom stereocenters. The van der Waals surface area contributed by atoms with Gasteiger partial charge in [-0.25, -0.2) is 0 Å². The Bertz CT molecular complexity index is 2260. The molecular weight excluding hydrogens is 729 g/mol. The number of nitrogens with zero attached hydrogens (tertiary/aromatic N) is 3. The number of carbonyl (C=O) groups is 4. The molecule has 0 spiro atoms. The first-order chi connectivity index (χ1) is 26.7. The maximum Gasteiger partial charge on any atom is 0.311 e. The fraction of sp³-hybridized carbons (Fsp3) is 0.275. The van der Waals surface area contributed by atoms with E-state index in [4.69, 9.17) is 28.8 Å². The Kier molecular flexibility index (Phi) is 9.69. The van der Waals surface area contributed by atoms with Crippen LogP contribution >= 0.6 is 11.8 Å². The number of carbonyl (C=O) groups excluding carboxylic acids is 3. The summed E-state index contributed by atoms with van der Waals surface area (Å²) < 4.78 is 28.7. The second kappa shape index (κ2) is 14.9. The first kappa shape index (κ1) is 35.8. The topological polar surface area (TPSA) is 166 Å². The zero-order chi connectivity index (χ0) is 38.2. The number of nitrogens with one attached hydrogen (secondary N) is 1. The third-order valence-corrected chi connectivity index (χ3v) is 10.5. The molecule has 4 aromatic rings. The van der Waals surface area contributed by atoms with Crippen molar-refractivity contribution in [1.82, 2.24) is 0 Å². The van der Waals surface area contributed by atoms with E-state index in [2.05, 4.69) is 16.4 Å². The van der Waals surface area contributed by atoms with Crippen LogP contribution in [0.3, 0.4) is 0 Å². The molecule has 2 amide bonds. The van der Waals surface area contributed by atoms with Gasteiger partial charge in [0.25, 0.3) is 11.8 Å². The maximum atomic E-state index is 13.9. The molecule has 15 heteroatoms. The van der Waals surface area contributed by atoms with Gasteiger partial charge < -0.3 is 39.0 Å². The van der Waals surface area contributed by atoms with Gasteiger partial charge in [-0.3, -0.25) is 29.1 Å². The van der Waals surface area contributed by atoms with Crippen molar-refractivity contribution in [3.05, 3.63) is 89.0 Å². The largest absolute Gasteiger partial charge is 0.493 e. The van der Waals surface area contributed by atoms with Crippen LogP contribution in [0.4, 0.5) is 22.7 Å². The van der Waals surface area contributed by atoms with Gasteiger partial charge in [-0.1, -0.05) is 30.0 Å². The molecule has 14 nitrogen and oxygen atoms in total. The molecule has 0 saturated carbocycles. The number of methoxy groups -OCH3 is 2. The number of fused-ring (bicyclic) bond motifs is 8. The minimum absolute atomic E-state index is 0.0104. The number of carboxylic acids is 1. The van der Waals surface area contributed by atoms with E-state index in [1.807, 2.05) is 23.1 Å². The molecule has 0 aliphatic carbocycles. The molecule has 2 atom stereocenters. The van der Waals surface area contributed by atoms with Gasteiger partial charge in [0, 0.05) is 42.7 Å². The average molecular weight is 765 g/mol. The Balaban J connectivity index is 0.908. The van der Waals surface area contributed by atoms with Crippen molar-refractivity contribution in [3.8, 4) is 28.7 Å². The lowest BCUT2D eigenvalue weighted by Gasteiger charge is -2.22. The minimum atomic E-state index is -1.08. The first-order valence-electron chi connectivity index (χ1n) is 17.6. The van der Waals surface area contributed by atoms with Crippen LogP contribution in [0.15, 0.2) is 71.7 Å². The standard InChI is InChI=1S/C40H36N4O10S/c1-50-33-14-27-29(41-18-24-11-22-5-3-4-6-31(22)43(24)39(27)48)16-35(33)52-20-55-21-53-36-17-30-28(15-34(36)51-2)40(49)44-25(19-42-30)12-23-13-26(7-8-32(23)44)54-38(47)10-9-37(45)46/h3-8,13-17,19,24-25,41H,9-12,18,20-21H2,1-2H3,(H,45,46)/t24-,25-/m0/s1. The minimum Gasteiger partial charge on any atom is -0.493 e. The van der Waals surface area contributed by atoms with Gasteiger partial charge >= 0.3 is 11.9 Å². The van der Waals surface area contributed by atoms with E-state index in [1.54, 1.807) is 53.6 Å². The van der Waals surface area contributed by atoms with Crippen molar-refractivity contribution in [1.29, 1.82) is 0 Å². The molecule has 4 aliphatic heterocycles. The molecule has 4 aliphatic rings. The quantitative estimate of drug-likeness (QED) is 0.0765. The Morgan fingerprint density at radius 2 is 1.53 bits per heavy atom. The summed E-state index contributed by atoms with van der Waals surface area (Å²) in [4.78, 5) is 58.7. The number of aliphatic imine (C=N–C) groups is 1. The van der Waals surface area contributed by atoms with Gasteiger partial charge in [-0.15, -0.1) is 0 Å². The predicted octanol–water partition coefficient (Wildman–Crippen LogP) is 5.86. The fourth-order valence-electron chi connectivity index (χ4n) is 7.34. The predicted molar refractivity (Wildman–Crippen MR) is 205 cm³/mol. The molecule has 0 bridgehead atoms. The van der Waals surface area contributed by atoms with Crippen LogP contribution in [-0.2, 0) is 22.4 Å². The van der Waals surface area contributed by atoms with E-state index >= 15 is 0 Å². The Morgan fingerprint density at radius 1 is 0.818 bits per heavy atom. The lowest BCUT2D eigenvalue weighted by Crippen LogP contribution is -2.39. The normalized spacial score (nSPS) is 17.3. The van der Waals surface area contributed by atoms with Crippen LogP contribution in [0, 0.1) is 0 Å². The maximum absolute atomic E-state index is 13.9. The Hall–Kier alpha value is -6.22. The summed E-state index contributed by atoms with van der Waals surface area (Å²) in [7, 11) is 3.03. The van der Waals surface area contributed by atoms with Crippen molar-refractivity contribution in [3.63, 3.8) is 0 Å². The SMILES string of the molecule is COc1cc2c(cc1OCSCOc1cc3c(cc1OC)C(=O)N1c4ccccc4C[C@H]1CN3)N=C[C@@H]1Cc3cc(OC(=O)CCC(=O)O)ccc3N1C2=O. The van der Waals surface area contributed by atoms with E-state index in [1.165, 1.54) is 26.0 Å². The van der Waals surface area contributed by atoms with E-state index in [-0.39, 0.29) is 54.4 Å². The number of amides is 2. The number of carboxylic acid groups (broad SMARTS) is 1. The third kappa shape index (κ3) is 6.86. The van der Waals surface area contributed by atoms with Crippen molar-refractivity contribution in [2.75, 3.05) is 47.8 Å². The number of hydrogen-bond acceptors (Lipinski definition) is 12. The number of benzene rings is 4. The molecule has 55 heavy (non-hydrogen) atoms. The number of esters is 1. The van der Waals surface area contributed by atoms with E-state index in [0.29, 0.717) is 64.2 Å². The number of aliphatic carboxylic acids is 1. The second-order valence-corrected chi connectivity index (χ2v) is 14.1. The van der Waals surface area contributed by atoms with Gasteiger partial charge in [0.05, 0.1) is 61.6 Å². The van der Waals surface area contributed by atoms with Gasteiger partial charge in [0.15, 0.2) is 23.0 Å².